The second kappa shape index (κ2) is 7.28. The Balaban J connectivity index is 1.98. The first-order valence-electron chi connectivity index (χ1n) is 7.14. The Kier molecular flexibility index (Phi) is 5.39. The van der Waals surface area contributed by atoms with Gasteiger partial charge in [0.2, 0.25) is 5.91 Å². The lowest BCUT2D eigenvalue weighted by Gasteiger charge is -2.20. The molecule has 0 aliphatic heterocycles. The third-order valence-corrected chi connectivity index (χ3v) is 3.43. The normalized spacial score (nSPS) is 13.4. The molecule has 2 N–H and O–H groups in total. The maximum absolute atomic E-state index is 13.7. The van der Waals surface area contributed by atoms with Gasteiger partial charge >= 0.3 is 0 Å². The van der Waals surface area contributed by atoms with E-state index < -0.39 is 29.5 Å². The number of benzene rings is 2. The first-order valence-corrected chi connectivity index (χ1v) is 7.14. The van der Waals surface area contributed by atoms with Crippen LogP contribution >= 0.6 is 0 Å². The number of nitrogens with one attached hydrogen (secondary N) is 2. The summed E-state index contributed by atoms with van der Waals surface area (Å²) < 4.78 is 39.5. The average Bonchev–Trinajstić information content (AvgIpc) is 2.49. The highest BCUT2D eigenvalue weighted by Crippen LogP contribution is 2.18. The Morgan fingerprint density at radius 1 is 0.957 bits per heavy atom. The van der Waals surface area contributed by atoms with Gasteiger partial charge in [-0.2, -0.15) is 0 Å². The van der Waals surface area contributed by atoms with Gasteiger partial charge in [-0.1, -0.05) is 6.07 Å². The number of halogens is 3. The van der Waals surface area contributed by atoms with Crippen LogP contribution in [0.2, 0.25) is 0 Å². The molecule has 2 aromatic rings. The lowest BCUT2D eigenvalue weighted by atomic mass is 10.1. The van der Waals surface area contributed by atoms with E-state index in [2.05, 4.69) is 10.6 Å². The van der Waals surface area contributed by atoms with Gasteiger partial charge in [0.1, 0.15) is 17.5 Å². The van der Waals surface area contributed by atoms with Gasteiger partial charge in [0.15, 0.2) is 0 Å². The first kappa shape index (κ1) is 17.0. The van der Waals surface area contributed by atoms with E-state index >= 15 is 0 Å². The van der Waals surface area contributed by atoms with Crippen molar-refractivity contribution >= 4 is 11.6 Å². The summed E-state index contributed by atoms with van der Waals surface area (Å²) in [5, 5.41) is 5.57. The van der Waals surface area contributed by atoms with Gasteiger partial charge in [-0.05, 0) is 44.2 Å². The van der Waals surface area contributed by atoms with Gasteiger partial charge in [0.25, 0.3) is 0 Å². The van der Waals surface area contributed by atoms with Crippen LogP contribution in [-0.4, -0.2) is 11.9 Å². The summed E-state index contributed by atoms with van der Waals surface area (Å²) in [6.07, 6.45) is 0. The fraction of sp³-hybridized carbons (Fsp3) is 0.235. The molecule has 0 saturated carbocycles. The molecule has 1 amide bonds. The standard InChI is InChI=1S/C17H17F3N2O/c1-10(15-8-5-13(19)9-16(15)20)21-11(2)17(23)22-14-6-3-12(18)4-7-14/h3-11,21H,1-2H3,(H,22,23)/t10-,11-/m0/s1. The van der Waals surface area contributed by atoms with Crippen LogP contribution in [0, 0.1) is 17.5 Å². The van der Waals surface area contributed by atoms with E-state index in [1.165, 1.54) is 36.4 Å². The molecule has 0 radical (unpaired) electrons. The molecule has 0 fully saturated rings. The van der Waals surface area contributed by atoms with Gasteiger partial charge < -0.3 is 5.32 Å². The van der Waals surface area contributed by atoms with Gasteiger partial charge in [0.05, 0.1) is 6.04 Å². The Morgan fingerprint density at radius 3 is 2.17 bits per heavy atom. The van der Waals surface area contributed by atoms with Gasteiger partial charge in [0, 0.05) is 23.4 Å². The van der Waals surface area contributed by atoms with E-state index in [0.29, 0.717) is 5.69 Å². The van der Waals surface area contributed by atoms with E-state index in [-0.39, 0.29) is 11.5 Å². The summed E-state index contributed by atoms with van der Waals surface area (Å²) in [5.41, 5.74) is 0.735. The number of hydrogen-bond acceptors (Lipinski definition) is 2. The van der Waals surface area contributed by atoms with Crippen LogP contribution in [0.25, 0.3) is 0 Å². The number of carbonyl (C=O) groups is 1. The Bertz CT molecular complexity index is 689. The number of hydrogen-bond donors (Lipinski definition) is 2. The highest BCUT2D eigenvalue weighted by Gasteiger charge is 2.18. The summed E-state index contributed by atoms with van der Waals surface area (Å²) in [7, 11) is 0. The molecule has 0 aromatic heterocycles. The van der Waals surface area contributed by atoms with E-state index in [9.17, 15) is 18.0 Å². The van der Waals surface area contributed by atoms with Crippen molar-refractivity contribution < 1.29 is 18.0 Å². The summed E-state index contributed by atoms with van der Waals surface area (Å²) in [5.74, 6) is -2.06. The fourth-order valence-corrected chi connectivity index (χ4v) is 2.18. The molecule has 0 unspecified atom stereocenters. The predicted molar refractivity (Wildman–Crippen MR) is 82.4 cm³/mol. The number of amides is 1. The summed E-state index contributed by atoms with van der Waals surface area (Å²) in [6, 6.07) is 7.58. The van der Waals surface area contributed by atoms with Crippen molar-refractivity contribution in [3.8, 4) is 0 Å². The van der Waals surface area contributed by atoms with Gasteiger partial charge in [-0.3, -0.25) is 10.1 Å². The molecular weight excluding hydrogens is 305 g/mol. The van der Waals surface area contributed by atoms with Crippen molar-refractivity contribution in [1.29, 1.82) is 0 Å². The third-order valence-electron chi connectivity index (χ3n) is 3.43. The zero-order chi connectivity index (χ0) is 17.0. The largest absolute Gasteiger partial charge is 0.325 e. The molecule has 0 aliphatic rings. The summed E-state index contributed by atoms with van der Waals surface area (Å²) in [4.78, 5) is 12.1. The Morgan fingerprint density at radius 2 is 1.57 bits per heavy atom. The van der Waals surface area contributed by atoms with Crippen LogP contribution in [0.5, 0.6) is 0 Å². The molecule has 0 heterocycles. The van der Waals surface area contributed by atoms with E-state index in [1.807, 2.05) is 0 Å². The third kappa shape index (κ3) is 4.56. The molecule has 0 aliphatic carbocycles. The van der Waals surface area contributed by atoms with E-state index in [0.717, 1.165) is 6.07 Å². The smallest absolute Gasteiger partial charge is 0.241 e. The van der Waals surface area contributed by atoms with Crippen molar-refractivity contribution in [2.75, 3.05) is 5.32 Å². The van der Waals surface area contributed by atoms with Gasteiger partial charge in [-0.25, -0.2) is 13.2 Å². The molecule has 23 heavy (non-hydrogen) atoms. The van der Waals surface area contributed by atoms with Crippen LogP contribution < -0.4 is 10.6 Å². The molecular formula is C17H17F3N2O. The van der Waals surface area contributed by atoms with Crippen LogP contribution in [0.15, 0.2) is 42.5 Å². The predicted octanol–water partition coefficient (Wildman–Crippen LogP) is 3.78. The second-order valence-electron chi connectivity index (χ2n) is 5.27. The maximum Gasteiger partial charge on any atom is 0.241 e. The second-order valence-corrected chi connectivity index (χ2v) is 5.27. The zero-order valence-corrected chi connectivity index (χ0v) is 12.7. The number of rotatable bonds is 5. The van der Waals surface area contributed by atoms with E-state index in [1.54, 1.807) is 13.8 Å². The quantitative estimate of drug-likeness (QED) is 0.879. The maximum atomic E-state index is 13.7. The molecule has 0 bridgehead atoms. The average molecular weight is 322 g/mol. The summed E-state index contributed by atoms with van der Waals surface area (Å²) in [6.45, 7) is 3.30. The van der Waals surface area contributed by atoms with Crippen molar-refractivity contribution in [2.45, 2.75) is 25.9 Å². The monoisotopic (exact) mass is 322 g/mol. The fourth-order valence-electron chi connectivity index (χ4n) is 2.18. The molecule has 0 saturated heterocycles. The highest BCUT2D eigenvalue weighted by molar-refractivity contribution is 5.94. The molecule has 6 heteroatoms. The number of anilines is 1. The Hall–Kier alpha value is -2.34. The lowest BCUT2D eigenvalue weighted by molar-refractivity contribution is -0.117. The van der Waals surface area contributed by atoms with Crippen molar-refractivity contribution in [2.24, 2.45) is 0 Å². The van der Waals surface area contributed by atoms with Crippen LogP contribution in [0.1, 0.15) is 25.5 Å². The van der Waals surface area contributed by atoms with Crippen LogP contribution in [0.3, 0.4) is 0 Å². The highest BCUT2D eigenvalue weighted by atomic mass is 19.1. The minimum Gasteiger partial charge on any atom is -0.325 e. The van der Waals surface area contributed by atoms with E-state index in [4.69, 9.17) is 0 Å². The summed E-state index contributed by atoms with van der Waals surface area (Å²) >= 11 is 0. The first-order chi connectivity index (χ1) is 10.9. The van der Waals surface area contributed by atoms with Crippen LogP contribution in [0.4, 0.5) is 18.9 Å². The molecule has 2 atom stereocenters. The van der Waals surface area contributed by atoms with Gasteiger partial charge in [-0.15, -0.1) is 0 Å². The molecule has 3 nitrogen and oxygen atoms in total. The Labute approximate surface area is 132 Å². The molecule has 0 spiro atoms. The number of carbonyl (C=O) groups excluding carboxylic acids is 1. The molecule has 2 aromatic carbocycles. The van der Waals surface area contributed by atoms with Crippen molar-refractivity contribution in [1.82, 2.24) is 5.32 Å². The lowest BCUT2D eigenvalue weighted by Crippen LogP contribution is -2.39. The molecule has 122 valence electrons. The topological polar surface area (TPSA) is 41.1 Å². The minimum absolute atomic E-state index is 0.271. The SMILES string of the molecule is C[C@H](N[C@@H](C)c1ccc(F)cc1F)C(=O)Nc1ccc(F)cc1. The van der Waals surface area contributed by atoms with Crippen molar-refractivity contribution in [3.05, 3.63) is 65.5 Å². The minimum atomic E-state index is -0.670. The van der Waals surface area contributed by atoms with Crippen molar-refractivity contribution in [3.63, 3.8) is 0 Å². The zero-order valence-electron chi connectivity index (χ0n) is 12.7. The molecule has 2 rings (SSSR count). The van der Waals surface area contributed by atoms with Crippen LogP contribution in [-0.2, 0) is 4.79 Å².